The lowest BCUT2D eigenvalue weighted by molar-refractivity contribution is -0.122. The summed E-state index contributed by atoms with van der Waals surface area (Å²) in [5.41, 5.74) is 0.807. The lowest BCUT2D eigenvalue weighted by Crippen LogP contribution is -2.44. The number of nitrogens with one attached hydrogen (secondary N) is 2. The van der Waals surface area contributed by atoms with E-state index in [2.05, 4.69) is 10.6 Å². The summed E-state index contributed by atoms with van der Waals surface area (Å²) in [6.07, 6.45) is -0.290. The number of carbonyl (C=O) groups excluding carboxylic acids is 1. The molecule has 0 radical (unpaired) electrons. The predicted octanol–water partition coefficient (Wildman–Crippen LogP) is 0.636. The van der Waals surface area contributed by atoms with Crippen molar-refractivity contribution in [1.29, 1.82) is 0 Å². The zero-order valence-corrected chi connectivity index (χ0v) is 12.1. The molecule has 0 bridgehead atoms. The SMILES string of the molecule is Cl.O=C(CC1COCCN1)NCC(O)c1ccccc1. The molecule has 1 aromatic carbocycles. The van der Waals surface area contributed by atoms with E-state index in [4.69, 9.17) is 4.74 Å². The number of morpholine rings is 1. The van der Waals surface area contributed by atoms with Crippen LogP contribution in [0, 0.1) is 0 Å². The second-order valence-corrected chi connectivity index (χ2v) is 4.66. The molecule has 1 aliphatic heterocycles. The smallest absolute Gasteiger partial charge is 0.221 e. The van der Waals surface area contributed by atoms with Gasteiger partial charge >= 0.3 is 0 Å². The number of hydrogen-bond donors (Lipinski definition) is 3. The Balaban J connectivity index is 0.00000200. The summed E-state index contributed by atoms with van der Waals surface area (Å²) >= 11 is 0. The van der Waals surface area contributed by atoms with Gasteiger partial charge in [-0.1, -0.05) is 30.3 Å². The number of aliphatic hydroxyl groups excluding tert-OH is 1. The molecule has 2 unspecified atom stereocenters. The van der Waals surface area contributed by atoms with Crippen LogP contribution in [-0.2, 0) is 9.53 Å². The fraction of sp³-hybridized carbons (Fsp3) is 0.500. The predicted molar refractivity (Wildman–Crippen MR) is 78.9 cm³/mol. The van der Waals surface area contributed by atoms with Crippen molar-refractivity contribution in [3.05, 3.63) is 35.9 Å². The number of hydrogen-bond acceptors (Lipinski definition) is 4. The van der Waals surface area contributed by atoms with Gasteiger partial charge < -0.3 is 20.5 Å². The van der Waals surface area contributed by atoms with Gasteiger partial charge in [-0.3, -0.25) is 4.79 Å². The van der Waals surface area contributed by atoms with Crippen LogP contribution < -0.4 is 10.6 Å². The van der Waals surface area contributed by atoms with E-state index in [9.17, 15) is 9.90 Å². The Morgan fingerprint density at radius 2 is 2.20 bits per heavy atom. The van der Waals surface area contributed by atoms with Crippen LogP contribution in [0.5, 0.6) is 0 Å². The molecule has 1 aliphatic rings. The van der Waals surface area contributed by atoms with Gasteiger partial charge in [-0.15, -0.1) is 12.4 Å². The molecule has 1 saturated heterocycles. The number of halogens is 1. The Morgan fingerprint density at radius 3 is 2.85 bits per heavy atom. The highest BCUT2D eigenvalue weighted by atomic mass is 35.5. The standard InChI is InChI=1S/C14H20N2O3.ClH/c17-13(11-4-2-1-3-5-11)9-16-14(18)8-12-10-19-7-6-15-12;/h1-5,12-13,15,17H,6-10H2,(H,16,18);1H. The van der Waals surface area contributed by atoms with Gasteiger partial charge in [0.15, 0.2) is 0 Å². The highest BCUT2D eigenvalue weighted by Gasteiger charge is 2.17. The second kappa shape index (κ2) is 8.92. The van der Waals surface area contributed by atoms with E-state index in [0.29, 0.717) is 19.6 Å². The molecule has 0 aromatic heterocycles. The van der Waals surface area contributed by atoms with Gasteiger partial charge in [0.05, 0.1) is 19.3 Å². The van der Waals surface area contributed by atoms with Crippen LogP contribution in [0.3, 0.4) is 0 Å². The number of amides is 1. The van der Waals surface area contributed by atoms with Gasteiger partial charge in [-0.2, -0.15) is 0 Å². The molecule has 0 saturated carbocycles. The maximum absolute atomic E-state index is 11.7. The van der Waals surface area contributed by atoms with Gasteiger partial charge in [0.1, 0.15) is 0 Å². The first-order valence-electron chi connectivity index (χ1n) is 6.56. The fourth-order valence-electron chi connectivity index (χ4n) is 2.05. The van der Waals surface area contributed by atoms with Gasteiger partial charge in [-0.25, -0.2) is 0 Å². The Morgan fingerprint density at radius 1 is 1.45 bits per heavy atom. The van der Waals surface area contributed by atoms with Crippen LogP contribution in [0.4, 0.5) is 0 Å². The Hall–Kier alpha value is -1.14. The van der Waals surface area contributed by atoms with E-state index >= 15 is 0 Å². The molecule has 20 heavy (non-hydrogen) atoms. The minimum Gasteiger partial charge on any atom is -0.387 e. The summed E-state index contributed by atoms with van der Waals surface area (Å²) in [7, 11) is 0. The summed E-state index contributed by atoms with van der Waals surface area (Å²) < 4.78 is 5.29. The highest BCUT2D eigenvalue weighted by Crippen LogP contribution is 2.10. The maximum atomic E-state index is 11.7. The number of benzene rings is 1. The van der Waals surface area contributed by atoms with Crippen molar-refractivity contribution in [1.82, 2.24) is 10.6 Å². The van der Waals surface area contributed by atoms with E-state index in [1.165, 1.54) is 0 Å². The van der Waals surface area contributed by atoms with Crippen molar-refractivity contribution in [2.24, 2.45) is 0 Å². The van der Waals surface area contributed by atoms with Crippen LogP contribution >= 0.6 is 12.4 Å². The van der Waals surface area contributed by atoms with Gasteiger partial charge in [-0.05, 0) is 5.56 Å². The minimum atomic E-state index is -0.666. The van der Waals surface area contributed by atoms with Crippen molar-refractivity contribution in [3.8, 4) is 0 Å². The molecular formula is C14H21ClN2O3. The van der Waals surface area contributed by atoms with Gasteiger partial charge in [0.2, 0.25) is 5.91 Å². The largest absolute Gasteiger partial charge is 0.387 e. The molecule has 1 fully saturated rings. The molecule has 2 rings (SSSR count). The third-order valence-corrected chi connectivity index (χ3v) is 3.11. The monoisotopic (exact) mass is 300 g/mol. The highest BCUT2D eigenvalue weighted by molar-refractivity contribution is 5.85. The van der Waals surface area contributed by atoms with Crippen molar-refractivity contribution in [3.63, 3.8) is 0 Å². The minimum absolute atomic E-state index is 0. The number of ether oxygens (including phenoxy) is 1. The van der Waals surface area contributed by atoms with Crippen LogP contribution in [-0.4, -0.2) is 43.4 Å². The average molecular weight is 301 g/mol. The maximum Gasteiger partial charge on any atom is 0.221 e. The lowest BCUT2D eigenvalue weighted by Gasteiger charge is -2.23. The topological polar surface area (TPSA) is 70.6 Å². The second-order valence-electron chi connectivity index (χ2n) is 4.66. The van der Waals surface area contributed by atoms with Gasteiger partial charge in [0, 0.05) is 25.6 Å². The third-order valence-electron chi connectivity index (χ3n) is 3.11. The number of rotatable bonds is 5. The first kappa shape index (κ1) is 16.9. The first-order valence-corrected chi connectivity index (χ1v) is 6.56. The van der Waals surface area contributed by atoms with Crippen molar-refractivity contribution in [2.75, 3.05) is 26.3 Å². The summed E-state index contributed by atoms with van der Waals surface area (Å²) in [5.74, 6) is -0.0713. The van der Waals surface area contributed by atoms with Crippen molar-refractivity contribution in [2.45, 2.75) is 18.6 Å². The van der Waals surface area contributed by atoms with Crippen molar-refractivity contribution < 1.29 is 14.6 Å². The summed E-state index contributed by atoms with van der Waals surface area (Å²) in [5, 5.41) is 15.9. The van der Waals surface area contributed by atoms with Crippen molar-refractivity contribution >= 4 is 18.3 Å². The molecule has 112 valence electrons. The fourth-order valence-corrected chi connectivity index (χ4v) is 2.05. The lowest BCUT2D eigenvalue weighted by atomic mass is 10.1. The summed E-state index contributed by atoms with van der Waals surface area (Å²) in [6, 6.07) is 9.38. The van der Waals surface area contributed by atoms with Crippen LogP contribution in [0.1, 0.15) is 18.1 Å². The van der Waals surface area contributed by atoms with E-state index in [-0.39, 0.29) is 30.9 Å². The molecule has 6 heteroatoms. The zero-order chi connectivity index (χ0) is 13.5. The molecule has 5 nitrogen and oxygen atoms in total. The molecular weight excluding hydrogens is 280 g/mol. The molecule has 3 N–H and O–H groups in total. The molecule has 1 heterocycles. The van der Waals surface area contributed by atoms with Gasteiger partial charge in [0.25, 0.3) is 0 Å². The number of carbonyl (C=O) groups is 1. The van der Waals surface area contributed by atoms with E-state index in [1.807, 2.05) is 30.3 Å². The average Bonchev–Trinajstić information content (AvgIpc) is 2.47. The molecule has 0 spiro atoms. The Kier molecular flexibility index (Phi) is 7.54. The summed E-state index contributed by atoms with van der Waals surface area (Å²) in [4.78, 5) is 11.7. The molecule has 1 aromatic rings. The summed E-state index contributed by atoms with van der Waals surface area (Å²) in [6.45, 7) is 2.28. The van der Waals surface area contributed by atoms with E-state index < -0.39 is 6.10 Å². The third kappa shape index (κ3) is 5.46. The zero-order valence-electron chi connectivity index (χ0n) is 11.2. The quantitative estimate of drug-likeness (QED) is 0.746. The normalized spacial score (nSPS) is 19.8. The van der Waals surface area contributed by atoms with Crippen LogP contribution in [0.25, 0.3) is 0 Å². The van der Waals surface area contributed by atoms with Crippen LogP contribution in [0.2, 0.25) is 0 Å². The Bertz CT molecular complexity index is 397. The molecule has 1 amide bonds. The van der Waals surface area contributed by atoms with E-state index in [0.717, 1.165) is 12.1 Å². The molecule has 0 aliphatic carbocycles. The first-order chi connectivity index (χ1) is 9.25. The molecule has 2 atom stereocenters. The van der Waals surface area contributed by atoms with E-state index in [1.54, 1.807) is 0 Å². The number of aliphatic hydroxyl groups is 1. The Labute approximate surface area is 125 Å². The van der Waals surface area contributed by atoms with Crippen LogP contribution in [0.15, 0.2) is 30.3 Å².